The van der Waals surface area contributed by atoms with Crippen molar-refractivity contribution in [3.05, 3.63) is 34.3 Å². The third-order valence-corrected chi connectivity index (χ3v) is 3.98. The van der Waals surface area contributed by atoms with Crippen LogP contribution < -0.4 is 16.0 Å². The van der Waals surface area contributed by atoms with Gasteiger partial charge in [0.15, 0.2) is 0 Å². The molecule has 1 heterocycles. The molecule has 0 radical (unpaired) electrons. The lowest BCUT2D eigenvalue weighted by atomic mass is 10.0. The van der Waals surface area contributed by atoms with E-state index < -0.39 is 0 Å². The largest absolute Gasteiger partial charge is 0.352 e. The van der Waals surface area contributed by atoms with E-state index >= 15 is 0 Å². The van der Waals surface area contributed by atoms with Crippen LogP contribution in [0.15, 0.2) is 28.7 Å². The molecule has 1 fully saturated rings. The number of benzene rings is 1. The lowest BCUT2D eigenvalue weighted by Crippen LogP contribution is -2.48. The SMILES string of the molecule is CC1CC(NC(=O)CNC(=O)c2cccc(Br)c2)CCN1.Cl. The minimum absolute atomic E-state index is 0. The highest BCUT2D eigenvalue weighted by molar-refractivity contribution is 9.10. The zero-order chi connectivity index (χ0) is 15.2. The number of piperidine rings is 1. The van der Waals surface area contributed by atoms with E-state index in [2.05, 4.69) is 38.8 Å². The van der Waals surface area contributed by atoms with Crippen LogP contribution >= 0.6 is 28.3 Å². The normalized spacial score (nSPS) is 20.6. The number of hydrogen-bond acceptors (Lipinski definition) is 3. The number of rotatable bonds is 4. The fourth-order valence-corrected chi connectivity index (χ4v) is 2.83. The molecular weight excluding hydrogens is 370 g/mol. The molecule has 1 aliphatic heterocycles. The van der Waals surface area contributed by atoms with Gasteiger partial charge in [-0.25, -0.2) is 0 Å². The Morgan fingerprint density at radius 3 is 2.86 bits per heavy atom. The highest BCUT2D eigenvalue weighted by atomic mass is 79.9. The minimum Gasteiger partial charge on any atom is -0.352 e. The second-order valence-corrected chi connectivity index (χ2v) is 6.25. The van der Waals surface area contributed by atoms with E-state index in [-0.39, 0.29) is 36.8 Å². The third kappa shape index (κ3) is 5.94. The zero-order valence-corrected chi connectivity index (χ0v) is 14.8. The van der Waals surface area contributed by atoms with E-state index in [1.165, 1.54) is 0 Å². The van der Waals surface area contributed by atoms with E-state index in [1.54, 1.807) is 18.2 Å². The molecular formula is C15H21BrClN3O2. The standard InChI is InChI=1S/C15H20BrN3O2.ClH/c1-10-7-13(5-6-17-10)19-14(20)9-18-15(21)11-3-2-4-12(16)8-11;/h2-4,8,10,13,17H,5-7,9H2,1H3,(H,18,21)(H,19,20);1H. The maximum atomic E-state index is 11.9. The molecule has 5 nitrogen and oxygen atoms in total. The first kappa shape index (κ1) is 18.9. The van der Waals surface area contributed by atoms with Gasteiger partial charge in [0, 0.05) is 22.1 Å². The van der Waals surface area contributed by atoms with E-state index in [4.69, 9.17) is 0 Å². The number of nitrogens with one attached hydrogen (secondary N) is 3. The third-order valence-electron chi connectivity index (χ3n) is 3.49. The Labute approximate surface area is 145 Å². The van der Waals surface area contributed by atoms with Gasteiger partial charge in [0.2, 0.25) is 5.91 Å². The monoisotopic (exact) mass is 389 g/mol. The molecule has 22 heavy (non-hydrogen) atoms. The van der Waals surface area contributed by atoms with Crippen molar-refractivity contribution in [3.8, 4) is 0 Å². The Bertz CT molecular complexity index is 527. The van der Waals surface area contributed by atoms with E-state index in [0.717, 1.165) is 23.9 Å². The van der Waals surface area contributed by atoms with Crippen LogP contribution in [0.2, 0.25) is 0 Å². The first-order chi connectivity index (χ1) is 10.0. The van der Waals surface area contributed by atoms with Gasteiger partial charge in [0.05, 0.1) is 6.54 Å². The van der Waals surface area contributed by atoms with Gasteiger partial charge in [-0.3, -0.25) is 9.59 Å². The molecule has 7 heteroatoms. The summed E-state index contributed by atoms with van der Waals surface area (Å²) < 4.78 is 0.836. The molecule has 1 aliphatic rings. The first-order valence-electron chi connectivity index (χ1n) is 7.11. The van der Waals surface area contributed by atoms with Crippen LogP contribution in [0.4, 0.5) is 0 Å². The molecule has 0 aromatic heterocycles. The van der Waals surface area contributed by atoms with Crippen LogP contribution in [0.25, 0.3) is 0 Å². The summed E-state index contributed by atoms with van der Waals surface area (Å²) in [6, 6.07) is 7.68. The van der Waals surface area contributed by atoms with Crippen LogP contribution in [-0.4, -0.2) is 37.0 Å². The molecule has 2 atom stereocenters. The summed E-state index contributed by atoms with van der Waals surface area (Å²) in [6.07, 6.45) is 1.85. The molecule has 0 spiro atoms. The minimum atomic E-state index is -0.245. The Balaban J connectivity index is 0.00000242. The predicted octanol–water partition coefficient (Wildman–Crippen LogP) is 1.86. The summed E-state index contributed by atoms with van der Waals surface area (Å²) in [4.78, 5) is 23.8. The summed E-state index contributed by atoms with van der Waals surface area (Å²) in [5.41, 5.74) is 0.535. The molecule has 1 aromatic rings. The van der Waals surface area contributed by atoms with Crippen LogP contribution in [0, 0.1) is 0 Å². The average molecular weight is 391 g/mol. The number of carbonyl (C=O) groups is 2. The van der Waals surface area contributed by atoms with Crippen molar-refractivity contribution in [2.45, 2.75) is 31.8 Å². The maximum Gasteiger partial charge on any atom is 0.251 e. The van der Waals surface area contributed by atoms with Crippen LogP contribution in [0.5, 0.6) is 0 Å². The Morgan fingerprint density at radius 2 is 2.18 bits per heavy atom. The van der Waals surface area contributed by atoms with Gasteiger partial charge in [0.25, 0.3) is 5.91 Å². The summed E-state index contributed by atoms with van der Waals surface area (Å²) >= 11 is 3.32. The predicted molar refractivity (Wildman–Crippen MR) is 92.4 cm³/mol. The fourth-order valence-electron chi connectivity index (χ4n) is 2.43. The molecule has 1 saturated heterocycles. The molecule has 2 amide bonds. The Hall–Kier alpha value is -1.11. The van der Waals surface area contributed by atoms with Gasteiger partial charge in [-0.1, -0.05) is 22.0 Å². The van der Waals surface area contributed by atoms with Crippen molar-refractivity contribution in [1.29, 1.82) is 0 Å². The molecule has 0 saturated carbocycles. The van der Waals surface area contributed by atoms with Crippen molar-refractivity contribution in [1.82, 2.24) is 16.0 Å². The Kier molecular flexibility index (Phi) is 7.85. The second kappa shape index (κ2) is 9.12. The summed E-state index contributed by atoms with van der Waals surface area (Å²) in [5, 5.41) is 8.94. The number of carbonyl (C=O) groups excluding carboxylic acids is 2. The highest BCUT2D eigenvalue weighted by Gasteiger charge is 2.20. The topological polar surface area (TPSA) is 70.2 Å². The van der Waals surface area contributed by atoms with Crippen molar-refractivity contribution < 1.29 is 9.59 Å². The Morgan fingerprint density at radius 1 is 1.41 bits per heavy atom. The van der Waals surface area contributed by atoms with Crippen LogP contribution in [-0.2, 0) is 4.79 Å². The molecule has 2 rings (SSSR count). The highest BCUT2D eigenvalue weighted by Crippen LogP contribution is 2.11. The van der Waals surface area contributed by atoms with Crippen LogP contribution in [0.3, 0.4) is 0 Å². The molecule has 0 bridgehead atoms. The molecule has 0 aliphatic carbocycles. The molecule has 2 unspecified atom stereocenters. The maximum absolute atomic E-state index is 11.9. The number of hydrogen-bond donors (Lipinski definition) is 3. The zero-order valence-electron chi connectivity index (χ0n) is 12.4. The summed E-state index contributed by atoms with van der Waals surface area (Å²) in [6.45, 7) is 3.02. The first-order valence-corrected chi connectivity index (χ1v) is 7.90. The van der Waals surface area contributed by atoms with Gasteiger partial charge in [-0.2, -0.15) is 0 Å². The summed E-state index contributed by atoms with van der Waals surface area (Å²) in [5.74, 6) is -0.387. The van der Waals surface area contributed by atoms with Crippen molar-refractivity contribution in [2.75, 3.05) is 13.1 Å². The lowest BCUT2D eigenvalue weighted by Gasteiger charge is -2.28. The van der Waals surface area contributed by atoms with E-state index in [9.17, 15) is 9.59 Å². The van der Waals surface area contributed by atoms with Crippen molar-refractivity contribution in [3.63, 3.8) is 0 Å². The summed E-state index contributed by atoms with van der Waals surface area (Å²) in [7, 11) is 0. The van der Waals surface area contributed by atoms with Crippen LogP contribution in [0.1, 0.15) is 30.1 Å². The van der Waals surface area contributed by atoms with Crippen molar-refractivity contribution in [2.24, 2.45) is 0 Å². The van der Waals surface area contributed by atoms with Gasteiger partial charge in [0.1, 0.15) is 0 Å². The molecule has 122 valence electrons. The average Bonchev–Trinajstić information content (AvgIpc) is 2.45. The van der Waals surface area contributed by atoms with Crippen molar-refractivity contribution >= 4 is 40.2 Å². The van der Waals surface area contributed by atoms with E-state index in [0.29, 0.717) is 11.6 Å². The fraction of sp³-hybridized carbons (Fsp3) is 0.467. The van der Waals surface area contributed by atoms with Gasteiger partial charge in [-0.15, -0.1) is 12.4 Å². The number of halogens is 2. The lowest BCUT2D eigenvalue weighted by molar-refractivity contribution is -0.121. The quantitative estimate of drug-likeness (QED) is 0.735. The molecule has 3 N–H and O–H groups in total. The second-order valence-electron chi connectivity index (χ2n) is 5.34. The number of amides is 2. The van der Waals surface area contributed by atoms with Gasteiger partial charge < -0.3 is 16.0 Å². The smallest absolute Gasteiger partial charge is 0.251 e. The van der Waals surface area contributed by atoms with Gasteiger partial charge in [-0.05, 0) is 44.5 Å². The molecule has 1 aromatic carbocycles. The van der Waals surface area contributed by atoms with E-state index in [1.807, 2.05) is 6.07 Å². The van der Waals surface area contributed by atoms with Gasteiger partial charge >= 0.3 is 0 Å².